The Morgan fingerprint density at radius 1 is 1.56 bits per heavy atom. The highest BCUT2D eigenvalue weighted by atomic mass is 35.5. The van der Waals surface area contributed by atoms with Crippen LogP contribution in [-0.2, 0) is 10.0 Å². The van der Waals surface area contributed by atoms with Crippen molar-refractivity contribution in [3.63, 3.8) is 0 Å². The van der Waals surface area contributed by atoms with Crippen molar-refractivity contribution in [3.05, 3.63) is 28.8 Å². The van der Waals surface area contributed by atoms with Crippen molar-refractivity contribution >= 4 is 44.5 Å². The number of hydrogen-bond donors (Lipinski definition) is 2. The SMILES string of the molecule is Cc1ccc(Cl)cc1NS(=O)(=O)CC(N)=S. The molecule has 0 saturated heterocycles. The highest BCUT2D eigenvalue weighted by molar-refractivity contribution is 7.95. The van der Waals surface area contributed by atoms with Gasteiger partial charge in [0.05, 0.1) is 10.7 Å². The number of nitrogens with two attached hydrogens (primary N) is 1. The molecule has 0 radical (unpaired) electrons. The van der Waals surface area contributed by atoms with Gasteiger partial charge in [-0.25, -0.2) is 8.42 Å². The molecule has 0 unspecified atom stereocenters. The van der Waals surface area contributed by atoms with Crippen molar-refractivity contribution in [2.75, 3.05) is 10.5 Å². The van der Waals surface area contributed by atoms with Crippen molar-refractivity contribution < 1.29 is 8.42 Å². The highest BCUT2D eigenvalue weighted by Crippen LogP contribution is 2.21. The van der Waals surface area contributed by atoms with E-state index in [4.69, 9.17) is 17.3 Å². The van der Waals surface area contributed by atoms with E-state index in [1.807, 2.05) is 0 Å². The molecular formula is C9H11ClN2O2S2. The van der Waals surface area contributed by atoms with Crippen molar-refractivity contribution in [2.24, 2.45) is 5.73 Å². The van der Waals surface area contributed by atoms with Gasteiger partial charge < -0.3 is 5.73 Å². The maximum atomic E-state index is 11.6. The van der Waals surface area contributed by atoms with E-state index in [1.54, 1.807) is 19.1 Å². The van der Waals surface area contributed by atoms with Crippen LogP contribution in [0.15, 0.2) is 18.2 Å². The quantitative estimate of drug-likeness (QED) is 0.822. The summed E-state index contributed by atoms with van der Waals surface area (Å²) in [5.74, 6) is -0.381. The minimum absolute atomic E-state index is 0.0767. The van der Waals surface area contributed by atoms with Gasteiger partial charge in [0.15, 0.2) is 0 Å². The molecule has 0 bridgehead atoms. The van der Waals surface area contributed by atoms with Gasteiger partial charge in [-0.2, -0.15) is 0 Å². The summed E-state index contributed by atoms with van der Waals surface area (Å²) >= 11 is 10.3. The normalized spacial score (nSPS) is 11.1. The summed E-state index contributed by atoms with van der Waals surface area (Å²) in [4.78, 5) is -0.0767. The van der Waals surface area contributed by atoms with Crippen molar-refractivity contribution in [1.29, 1.82) is 0 Å². The maximum absolute atomic E-state index is 11.6. The molecule has 0 saturated carbocycles. The number of rotatable bonds is 4. The maximum Gasteiger partial charge on any atom is 0.239 e. The van der Waals surface area contributed by atoms with Crippen LogP contribution in [0.2, 0.25) is 5.02 Å². The highest BCUT2D eigenvalue weighted by Gasteiger charge is 2.13. The van der Waals surface area contributed by atoms with Crippen LogP contribution in [0.1, 0.15) is 5.56 Å². The fraction of sp³-hybridized carbons (Fsp3) is 0.222. The molecule has 0 aliphatic heterocycles. The van der Waals surface area contributed by atoms with Crippen LogP contribution in [0.5, 0.6) is 0 Å². The molecule has 0 heterocycles. The Kier molecular flexibility index (Phi) is 4.12. The van der Waals surface area contributed by atoms with Crippen LogP contribution in [0.25, 0.3) is 0 Å². The van der Waals surface area contributed by atoms with Crippen LogP contribution >= 0.6 is 23.8 Å². The molecule has 0 atom stereocenters. The topological polar surface area (TPSA) is 72.2 Å². The minimum atomic E-state index is -3.55. The number of hydrogen-bond acceptors (Lipinski definition) is 3. The molecule has 16 heavy (non-hydrogen) atoms. The van der Waals surface area contributed by atoms with E-state index in [1.165, 1.54) is 6.07 Å². The summed E-state index contributed by atoms with van der Waals surface area (Å²) in [5, 5.41) is 0.457. The molecule has 4 nitrogen and oxygen atoms in total. The Hall–Kier alpha value is -0.850. The number of benzene rings is 1. The summed E-state index contributed by atoms with van der Waals surface area (Å²) in [6, 6.07) is 4.94. The molecule has 3 N–H and O–H groups in total. The molecule has 0 amide bonds. The zero-order valence-corrected chi connectivity index (χ0v) is 10.9. The summed E-state index contributed by atoms with van der Waals surface area (Å²) < 4.78 is 25.5. The van der Waals surface area contributed by atoms with Gasteiger partial charge >= 0.3 is 0 Å². The third-order valence-corrected chi connectivity index (χ3v) is 3.58. The molecule has 0 aliphatic rings. The molecular weight excluding hydrogens is 268 g/mol. The Labute approximate surface area is 105 Å². The van der Waals surface area contributed by atoms with Gasteiger partial charge in [-0.1, -0.05) is 29.9 Å². The standard InChI is InChI=1S/C9H11ClN2O2S2/c1-6-2-3-7(10)4-8(6)12-16(13,14)5-9(11)15/h2-4,12H,5H2,1H3,(H2,11,15). The Morgan fingerprint density at radius 3 is 2.75 bits per heavy atom. The average molecular weight is 279 g/mol. The van der Waals surface area contributed by atoms with Crippen LogP contribution in [0.3, 0.4) is 0 Å². The lowest BCUT2D eigenvalue weighted by atomic mass is 10.2. The molecule has 7 heteroatoms. The van der Waals surface area contributed by atoms with Gasteiger partial charge in [0, 0.05) is 5.02 Å². The van der Waals surface area contributed by atoms with E-state index >= 15 is 0 Å². The summed E-state index contributed by atoms with van der Waals surface area (Å²) in [7, 11) is -3.55. The smallest absolute Gasteiger partial charge is 0.239 e. The number of nitrogens with one attached hydrogen (secondary N) is 1. The minimum Gasteiger partial charge on any atom is -0.392 e. The first kappa shape index (κ1) is 13.2. The molecule has 0 aliphatic carbocycles. The van der Waals surface area contributed by atoms with Crippen molar-refractivity contribution in [3.8, 4) is 0 Å². The van der Waals surface area contributed by atoms with Crippen LogP contribution in [0.4, 0.5) is 5.69 Å². The second kappa shape index (κ2) is 4.99. The number of halogens is 1. The lowest BCUT2D eigenvalue weighted by Gasteiger charge is -2.10. The second-order valence-electron chi connectivity index (χ2n) is 3.29. The van der Waals surface area contributed by atoms with Gasteiger partial charge in [-0.15, -0.1) is 0 Å². The molecule has 1 aromatic rings. The molecule has 0 fully saturated rings. The predicted octanol–water partition coefficient (Wildman–Crippen LogP) is 1.68. The molecule has 88 valence electrons. The Bertz CT molecular complexity index is 514. The lowest BCUT2D eigenvalue weighted by molar-refractivity contribution is 0.605. The number of sulfonamides is 1. The third-order valence-electron chi connectivity index (χ3n) is 1.80. The van der Waals surface area contributed by atoms with E-state index < -0.39 is 10.0 Å². The van der Waals surface area contributed by atoms with E-state index in [9.17, 15) is 8.42 Å². The number of anilines is 1. The van der Waals surface area contributed by atoms with E-state index in [0.29, 0.717) is 10.7 Å². The lowest BCUT2D eigenvalue weighted by Crippen LogP contribution is -2.26. The summed E-state index contributed by atoms with van der Waals surface area (Å²) in [6.07, 6.45) is 0. The van der Waals surface area contributed by atoms with Gasteiger partial charge in [0.1, 0.15) is 5.75 Å². The zero-order valence-electron chi connectivity index (χ0n) is 8.53. The predicted molar refractivity (Wildman–Crippen MR) is 70.4 cm³/mol. The number of aryl methyl sites for hydroxylation is 1. The first-order chi connectivity index (χ1) is 7.30. The monoisotopic (exact) mass is 278 g/mol. The molecule has 1 aromatic carbocycles. The van der Waals surface area contributed by atoms with Gasteiger partial charge in [-0.3, -0.25) is 4.72 Å². The van der Waals surface area contributed by atoms with Crippen molar-refractivity contribution in [2.45, 2.75) is 6.92 Å². The van der Waals surface area contributed by atoms with Gasteiger partial charge in [-0.05, 0) is 24.6 Å². The molecule has 0 spiro atoms. The van der Waals surface area contributed by atoms with Gasteiger partial charge in [0.2, 0.25) is 10.0 Å². The zero-order chi connectivity index (χ0) is 12.3. The largest absolute Gasteiger partial charge is 0.392 e. The van der Waals surface area contributed by atoms with Crippen LogP contribution in [-0.4, -0.2) is 19.2 Å². The fourth-order valence-corrected chi connectivity index (χ4v) is 2.73. The van der Waals surface area contributed by atoms with Gasteiger partial charge in [0.25, 0.3) is 0 Å². The van der Waals surface area contributed by atoms with E-state index in [-0.39, 0.29) is 10.7 Å². The van der Waals surface area contributed by atoms with Crippen molar-refractivity contribution in [1.82, 2.24) is 0 Å². The number of thiocarbonyl (C=S) groups is 1. The summed E-state index contributed by atoms with van der Waals surface area (Å²) in [6.45, 7) is 1.77. The molecule has 1 rings (SSSR count). The Balaban J connectivity index is 2.96. The average Bonchev–Trinajstić information content (AvgIpc) is 2.08. The first-order valence-corrected chi connectivity index (χ1v) is 6.79. The van der Waals surface area contributed by atoms with E-state index in [0.717, 1.165) is 5.56 Å². The van der Waals surface area contributed by atoms with Crippen LogP contribution < -0.4 is 10.5 Å². The van der Waals surface area contributed by atoms with Crippen LogP contribution in [0, 0.1) is 6.92 Å². The Morgan fingerprint density at radius 2 is 2.19 bits per heavy atom. The third kappa shape index (κ3) is 3.96. The first-order valence-electron chi connectivity index (χ1n) is 4.35. The fourth-order valence-electron chi connectivity index (χ4n) is 1.10. The van der Waals surface area contributed by atoms with E-state index in [2.05, 4.69) is 16.9 Å². The second-order valence-corrected chi connectivity index (χ2v) is 5.97. The molecule has 0 aromatic heterocycles. The summed E-state index contributed by atoms with van der Waals surface area (Å²) in [5.41, 5.74) is 6.39.